The molecule has 4 aliphatic rings. The summed E-state index contributed by atoms with van der Waals surface area (Å²) in [5.74, 6) is 1.17. The second kappa shape index (κ2) is 5.95. The molecule has 0 amide bonds. The Balaban J connectivity index is 1.66. The summed E-state index contributed by atoms with van der Waals surface area (Å²) in [5, 5.41) is 30.6. The van der Waals surface area contributed by atoms with Gasteiger partial charge in [-0.1, -0.05) is 6.92 Å². The molecule has 0 aromatic carbocycles. The first kappa shape index (κ1) is 17.8. The van der Waals surface area contributed by atoms with E-state index in [4.69, 9.17) is 0 Å². The SMILES string of the molecule is C[C@@H](O)[C@H]1CC[C@H]2[C@@H]3CC[C@H]4C[C@H](O)CC[C@]4(C)[C@H]3CC[C@]12C(=O)O. The Morgan fingerprint density at radius 2 is 1.80 bits per heavy atom. The molecule has 0 unspecified atom stereocenters. The molecule has 0 spiro atoms. The first-order valence-corrected chi connectivity index (χ1v) is 10.4. The van der Waals surface area contributed by atoms with Gasteiger partial charge in [0, 0.05) is 5.92 Å². The summed E-state index contributed by atoms with van der Waals surface area (Å²) in [6, 6.07) is 0. The standard InChI is InChI=1S/C21H34O4/c1-12(22)16-5-6-18-15-4-3-13-11-14(23)7-9-20(13,2)17(15)8-10-21(16,18)19(24)25/h12-18,22-23H,3-11H2,1-2H3,(H,24,25)/t12-,13+,14-,15-,16-,17+,18+,20+,21+/m1/s1. The number of hydrogen-bond acceptors (Lipinski definition) is 3. The van der Waals surface area contributed by atoms with Crippen LogP contribution in [0.25, 0.3) is 0 Å². The van der Waals surface area contributed by atoms with E-state index in [1.54, 1.807) is 6.92 Å². The number of aliphatic carboxylic acids is 1. The first-order valence-electron chi connectivity index (χ1n) is 10.4. The molecule has 25 heavy (non-hydrogen) atoms. The molecule has 4 nitrogen and oxygen atoms in total. The maximum absolute atomic E-state index is 12.4. The van der Waals surface area contributed by atoms with E-state index in [9.17, 15) is 20.1 Å². The van der Waals surface area contributed by atoms with Gasteiger partial charge in [0.15, 0.2) is 0 Å². The fourth-order valence-electron chi connectivity index (χ4n) is 8.05. The largest absolute Gasteiger partial charge is 0.481 e. The highest BCUT2D eigenvalue weighted by Gasteiger charge is 2.65. The zero-order valence-electron chi connectivity index (χ0n) is 15.7. The van der Waals surface area contributed by atoms with Crippen molar-refractivity contribution >= 4 is 5.97 Å². The number of rotatable bonds is 2. The van der Waals surface area contributed by atoms with Crippen LogP contribution in [0.2, 0.25) is 0 Å². The van der Waals surface area contributed by atoms with Crippen molar-refractivity contribution in [3.63, 3.8) is 0 Å². The fourth-order valence-corrected chi connectivity index (χ4v) is 8.05. The third-order valence-corrected chi connectivity index (χ3v) is 9.20. The van der Waals surface area contributed by atoms with Crippen LogP contribution in [0.3, 0.4) is 0 Å². The van der Waals surface area contributed by atoms with Gasteiger partial charge in [0.25, 0.3) is 0 Å². The zero-order chi connectivity index (χ0) is 18.0. The highest BCUT2D eigenvalue weighted by atomic mass is 16.4. The monoisotopic (exact) mass is 350 g/mol. The van der Waals surface area contributed by atoms with E-state index in [2.05, 4.69) is 6.92 Å². The summed E-state index contributed by atoms with van der Waals surface area (Å²) in [4.78, 5) is 12.4. The molecule has 0 heterocycles. The topological polar surface area (TPSA) is 77.8 Å². The summed E-state index contributed by atoms with van der Waals surface area (Å²) in [7, 11) is 0. The van der Waals surface area contributed by atoms with E-state index in [0.29, 0.717) is 17.8 Å². The van der Waals surface area contributed by atoms with Gasteiger partial charge < -0.3 is 15.3 Å². The lowest BCUT2D eigenvalue weighted by Crippen LogP contribution is -2.57. The predicted octanol–water partition coefficient (Wildman–Crippen LogP) is 3.45. The maximum Gasteiger partial charge on any atom is 0.310 e. The quantitative estimate of drug-likeness (QED) is 0.713. The van der Waals surface area contributed by atoms with E-state index in [0.717, 1.165) is 57.8 Å². The Morgan fingerprint density at radius 1 is 1.04 bits per heavy atom. The Hall–Kier alpha value is -0.610. The van der Waals surface area contributed by atoms with Crippen LogP contribution in [-0.2, 0) is 4.79 Å². The third kappa shape index (κ3) is 2.36. The minimum atomic E-state index is -0.702. The molecule has 0 aromatic rings. The van der Waals surface area contributed by atoms with E-state index in [1.807, 2.05) is 0 Å². The molecule has 4 heteroatoms. The average Bonchev–Trinajstić information content (AvgIpc) is 2.96. The summed E-state index contributed by atoms with van der Waals surface area (Å²) < 4.78 is 0. The average molecular weight is 350 g/mol. The molecule has 0 saturated heterocycles. The second-order valence-corrected chi connectivity index (χ2v) is 9.89. The van der Waals surface area contributed by atoms with Gasteiger partial charge in [-0.2, -0.15) is 0 Å². The van der Waals surface area contributed by atoms with E-state index in [-0.39, 0.29) is 23.4 Å². The molecule has 0 aliphatic heterocycles. The van der Waals surface area contributed by atoms with E-state index >= 15 is 0 Å². The van der Waals surface area contributed by atoms with Crippen molar-refractivity contribution in [2.45, 2.75) is 83.8 Å². The molecular weight excluding hydrogens is 316 g/mol. The van der Waals surface area contributed by atoms with Crippen LogP contribution in [0.1, 0.15) is 71.6 Å². The number of carbonyl (C=O) groups is 1. The lowest BCUT2D eigenvalue weighted by molar-refractivity contribution is -0.177. The Morgan fingerprint density at radius 3 is 2.48 bits per heavy atom. The molecule has 0 bridgehead atoms. The lowest BCUT2D eigenvalue weighted by Gasteiger charge is -2.60. The van der Waals surface area contributed by atoms with Crippen molar-refractivity contribution < 1.29 is 20.1 Å². The van der Waals surface area contributed by atoms with Crippen molar-refractivity contribution in [2.24, 2.45) is 40.4 Å². The van der Waals surface area contributed by atoms with Crippen LogP contribution in [0, 0.1) is 40.4 Å². The molecule has 0 aromatic heterocycles. The molecule has 4 aliphatic carbocycles. The van der Waals surface area contributed by atoms with Crippen LogP contribution >= 0.6 is 0 Å². The Bertz CT molecular complexity index is 546. The summed E-state index contributed by atoms with van der Waals surface area (Å²) in [6.45, 7) is 4.21. The second-order valence-electron chi connectivity index (χ2n) is 9.89. The highest BCUT2D eigenvalue weighted by Crippen LogP contribution is 2.67. The molecule has 0 radical (unpaired) electrons. The number of carboxylic acid groups (broad SMARTS) is 1. The van der Waals surface area contributed by atoms with Gasteiger partial charge in [-0.15, -0.1) is 0 Å². The molecular formula is C21H34O4. The number of fused-ring (bicyclic) bond motifs is 5. The fraction of sp³-hybridized carbons (Fsp3) is 0.952. The van der Waals surface area contributed by atoms with Gasteiger partial charge >= 0.3 is 5.97 Å². The summed E-state index contributed by atoms with van der Waals surface area (Å²) >= 11 is 0. The minimum Gasteiger partial charge on any atom is -0.481 e. The van der Waals surface area contributed by atoms with Gasteiger partial charge in [0.1, 0.15) is 0 Å². The molecule has 3 N–H and O–H groups in total. The van der Waals surface area contributed by atoms with Crippen molar-refractivity contribution in [3.05, 3.63) is 0 Å². The number of aliphatic hydroxyl groups is 2. The van der Waals surface area contributed by atoms with Crippen LogP contribution in [0.15, 0.2) is 0 Å². The van der Waals surface area contributed by atoms with Gasteiger partial charge in [-0.25, -0.2) is 0 Å². The molecule has 142 valence electrons. The maximum atomic E-state index is 12.4. The van der Waals surface area contributed by atoms with E-state index < -0.39 is 17.5 Å². The number of hydrogen-bond donors (Lipinski definition) is 3. The van der Waals surface area contributed by atoms with Gasteiger partial charge in [-0.05, 0) is 93.8 Å². The van der Waals surface area contributed by atoms with Crippen LogP contribution in [0.5, 0.6) is 0 Å². The zero-order valence-corrected chi connectivity index (χ0v) is 15.7. The van der Waals surface area contributed by atoms with Crippen molar-refractivity contribution in [1.29, 1.82) is 0 Å². The van der Waals surface area contributed by atoms with Crippen molar-refractivity contribution in [3.8, 4) is 0 Å². The number of carboxylic acids is 1. The highest BCUT2D eigenvalue weighted by molar-refractivity contribution is 5.76. The first-order chi connectivity index (χ1) is 11.8. The van der Waals surface area contributed by atoms with Gasteiger partial charge in [-0.3, -0.25) is 4.79 Å². The number of aliphatic hydroxyl groups excluding tert-OH is 2. The Labute approximate surface area is 151 Å². The molecule has 4 saturated carbocycles. The molecule has 4 rings (SSSR count). The van der Waals surface area contributed by atoms with Crippen molar-refractivity contribution in [2.75, 3.05) is 0 Å². The summed E-state index contributed by atoms with van der Waals surface area (Å²) in [5.41, 5.74) is -0.428. The minimum absolute atomic E-state index is 0.0883. The third-order valence-electron chi connectivity index (χ3n) is 9.20. The van der Waals surface area contributed by atoms with Crippen LogP contribution in [-0.4, -0.2) is 33.5 Å². The van der Waals surface area contributed by atoms with Crippen molar-refractivity contribution in [1.82, 2.24) is 0 Å². The Kier molecular flexibility index (Phi) is 4.23. The van der Waals surface area contributed by atoms with Crippen LogP contribution < -0.4 is 0 Å². The lowest BCUT2D eigenvalue weighted by atomic mass is 9.44. The summed E-state index contributed by atoms with van der Waals surface area (Å²) in [6.07, 6.45) is 8.05. The van der Waals surface area contributed by atoms with Gasteiger partial charge in [0.05, 0.1) is 17.6 Å². The van der Waals surface area contributed by atoms with Gasteiger partial charge in [0.2, 0.25) is 0 Å². The molecule has 4 fully saturated rings. The van der Waals surface area contributed by atoms with Crippen LogP contribution in [0.4, 0.5) is 0 Å². The van der Waals surface area contributed by atoms with E-state index in [1.165, 1.54) is 0 Å². The predicted molar refractivity (Wildman–Crippen MR) is 94.9 cm³/mol. The smallest absolute Gasteiger partial charge is 0.310 e. The molecule has 9 atom stereocenters. The normalized spacial score (nSPS) is 53.4.